The zero-order valence-corrected chi connectivity index (χ0v) is 16.4. The zero-order valence-electron chi connectivity index (χ0n) is 16.4. The number of nitrogens with one attached hydrogen (secondary N) is 1. The summed E-state index contributed by atoms with van der Waals surface area (Å²) in [5, 5.41) is 2.80. The molecule has 0 heterocycles. The average molecular weight is 369 g/mol. The van der Waals surface area contributed by atoms with E-state index in [-0.39, 0.29) is 11.9 Å². The molecular weight excluding hydrogens is 342 g/mol. The highest BCUT2D eigenvalue weighted by atomic mass is 16.5. The molecule has 0 spiro atoms. The van der Waals surface area contributed by atoms with E-state index >= 15 is 0 Å². The molecule has 0 aliphatic carbocycles. The van der Waals surface area contributed by atoms with E-state index in [1.165, 1.54) is 0 Å². The van der Waals surface area contributed by atoms with Crippen molar-refractivity contribution in [2.45, 2.75) is 46.6 Å². The number of aryl methyl sites for hydroxylation is 2. The van der Waals surface area contributed by atoms with Crippen LogP contribution < -0.4 is 10.1 Å². The SMILES string of the molecule is CCCCOC(=O)c1ccc(NC(=O)[C@@H](C)Oc2cc(C)ccc2C)cc1. The van der Waals surface area contributed by atoms with Gasteiger partial charge in [0.05, 0.1) is 12.2 Å². The number of ether oxygens (including phenoxy) is 2. The molecule has 0 aromatic heterocycles. The van der Waals surface area contributed by atoms with E-state index in [2.05, 4.69) is 5.32 Å². The summed E-state index contributed by atoms with van der Waals surface area (Å²) >= 11 is 0. The normalized spacial score (nSPS) is 11.6. The Hall–Kier alpha value is -2.82. The van der Waals surface area contributed by atoms with Gasteiger partial charge in [0.25, 0.3) is 5.91 Å². The Morgan fingerprint density at radius 3 is 2.44 bits per heavy atom. The molecule has 1 atom stereocenters. The maximum Gasteiger partial charge on any atom is 0.338 e. The van der Waals surface area contributed by atoms with Crippen LogP contribution in [0.1, 0.15) is 48.2 Å². The van der Waals surface area contributed by atoms with Crippen molar-refractivity contribution in [3.8, 4) is 5.75 Å². The molecule has 5 nitrogen and oxygen atoms in total. The smallest absolute Gasteiger partial charge is 0.338 e. The van der Waals surface area contributed by atoms with Gasteiger partial charge in [-0.15, -0.1) is 0 Å². The first-order chi connectivity index (χ1) is 12.9. The fourth-order valence-electron chi connectivity index (χ4n) is 2.40. The maximum absolute atomic E-state index is 12.4. The fraction of sp³-hybridized carbons (Fsp3) is 0.364. The van der Waals surface area contributed by atoms with Gasteiger partial charge in [0.15, 0.2) is 6.10 Å². The monoisotopic (exact) mass is 369 g/mol. The van der Waals surface area contributed by atoms with Crippen molar-refractivity contribution in [1.82, 2.24) is 0 Å². The minimum atomic E-state index is -0.649. The third-order valence-electron chi connectivity index (χ3n) is 4.14. The molecule has 2 aromatic carbocycles. The molecule has 0 aliphatic rings. The lowest BCUT2D eigenvalue weighted by molar-refractivity contribution is -0.122. The third kappa shape index (κ3) is 6.13. The van der Waals surface area contributed by atoms with Crippen molar-refractivity contribution in [3.63, 3.8) is 0 Å². The number of amides is 1. The van der Waals surface area contributed by atoms with Gasteiger partial charge in [0, 0.05) is 5.69 Å². The maximum atomic E-state index is 12.4. The number of esters is 1. The summed E-state index contributed by atoms with van der Waals surface area (Å²) < 4.78 is 11.0. The Labute approximate surface area is 160 Å². The number of anilines is 1. The molecule has 144 valence electrons. The van der Waals surface area contributed by atoms with E-state index in [1.54, 1.807) is 31.2 Å². The summed E-state index contributed by atoms with van der Waals surface area (Å²) in [6.07, 6.45) is 1.17. The Kier molecular flexibility index (Phi) is 7.41. The molecule has 5 heteroatoms. The number of rotatable bonds is 8. The van der Waals surface area contributed by atoms with Gasteiger partial charge in [-0.25, -0.2) is 4.79 Å². The van der Waals surface area contributed by atoms with Crippen LogP contribution in [0.2, 0.25) is 0 Å². The summed E-state index contributed by atoms with van der Waals surface area (Å²) in [5.41, 5.74) is 3.11. The van der Waals surface area contributed by atoms with Gasteiger partial charge in [-0.1, -0.05) is 25.5 Å². The Balaban J connectivity index is 1.93. The molecular formula is C22H27NO4. The molecule has 0 aliphatic heterocycles. The lowest BCUT2D eigenvalue weighted by Gasteiger charge is -2.17. The molecule has 27 heavy (non-hydrogen) atoms. The molecule has 2 aromatic rings. The Morgan fingerprint density at radius 1 is 1.07 bits per heavy atom. The van der Waals surface area contributed by atoms with Gasteiger partial charge < -0.3 is 14.8 Å². The second kappa shape index (κ2) is 9.76. The minimum absolute atomic E-state index is 0.255. The summed E-state index contributed by atoms with van der Waals surface area (Å²) in [7, 11) is 0. The fourth-order valence-corrected chi connectivity index (χ4v) is 2.40. The molecule has 0 unspecified atom stereocenters. The predicted octanol–water partition coefficient (Wildman–Crippen LogP) is 4.67. The van der Waals surface area contributed by atoms with Crippen molar-refractivity contribution in [1.29, 1.82) is 0 Å². The largest absolute Gasteiger partial charge is 0.481 e. The van der Waals surface area contributed by atoms with Crippen molar-refractivity contribution in [2.24, 2.45) is 0 Å². The number of carbonyl (C=O) groups excluding carboxylic acids is 2. The second-order valence-electron chi connectivity index (χ2n) is 6.59. The Morgan fingerprint density at radius 2 is 1.78 bits per heavy atom. The summed E-state index contributed by atoms with van der Waals surface area (Å²) in [5.74, 6) is 0.0879. The van der Waals surface area contributed by atoms with Gasteiger partial charge in [0.1, 0.15) is 5.75 Å². The van der Waals surface area contributed by atoms with E-state index in [0.717, 1.165) is 24.0 Å². The van der Waals surface area contributed by atoms with Gasteiger partial charge in [-0.05, 0) is 68.7 Å². The quantitative estimate of drug-likeness (QED) is 0.543. The van der Waals surface area contributed by atoms with Crippen LogP contribution in [0.15, 0.2) is 42.5 Å². The number of carbonyl (C=O) groups is 2. The van der Waals surface area contributed by atoms with Crippen molar-refractivity contribution < 1.29 is 19.1 Å². The lowest BCUT2D eigenvalue weighted by atomic mass is 10.1. The van der Waals surface area contributed by atoms with Gasteiger partial charge >= 0.3 is 5.97 Å². The molecule has 1 amide bonds. The molecule has 0 fully saturated rings. The lowest BCUT2D eigenvalue weighted by Crippen LogP contribution is -2.30. The second-order valence-corrected chi connectivity index (χ2v) is 6.59. The standard InChI is InChI=1S/C22H27NO4/c1-5-6-13-26-22(25)18-9-11-19(12-10-18)23-21(24)17(4)27-20-14-15(2)7-8-16(20)3/h7-12,14,17H,5-6,13H2,1-4H3,(H,23,24)/t17-/m1/s1. The average Bonchev–Trinajstić information content (AvgIpc) is 2.65. The highest BCUT2D eigenvalue weighted by Gasteiger charge is 2.16. The summed E-state index contributed by atoms with van der Waals surface area (Å²) in [6.45, 7) is 8.08. The van der Waals surface area contributed by atoms with Gasteiger partial charge in [-0.2, -0.15) is 0 Å². The van der Waals surface area contributed by atoms with Crippen LogP contribution in [0.5, 0.6) is 5.75 Å². The molecule has 0 bridgehead atoms. The zero-order chi connectivity index (χ0) is 19.8. The van der Waals surface area contributed by atoms with Crippen LogP contribution >= 0.6 is 0 Å². The van der Waals surface area contributed by atoms with Crippen molar-refractivity contribution in [2.75, 3.05) is 11.9 Å². The molecule has 0 saturated heterocycles. The number of hydrogen-bond acceptors (Lipinski definition) is 4. The van der Waals surface area contributed by atoms with Crippen LogP contribution in [-0.2, 0) is 9.53 Å². The van der Waals surface area contributed by atoms with E-state index in [4.69, 9.17) is 9.47 Å². The number of unbranched alkanes of at least 4 members (excludes halogenated alkanes) is 1. The van der Waals surface area contributed by atoms with Crippen LogP contribution in [0.4, 0.5) is 5.69 Å². The minimum Gasteiger partial charge on any atom is -0.481 e. The van der Waals surface area contributed by atoms with Crippen LogP contribution in [-0.4, -0.2) is 24.6 Å². The van der Waals surface area contributed by atoms with Gasteiger partial charge in [-0.3, -0.25) is 4.79 Å². The predicted molar refractivity (Wildman–Crippen MR) is 106 cm³/mol. The van der Waals surface area contributed by atoms with Gasteiger partial charge in [0.2, 0.25) is 0 Å². The first-order valence-corrected chi connectivity index (χ1v) is 9.22. The highest BCUT2D eigenvalue weighted by Crippen LogP contribution is 2.21. The van der Waals surface area contributed by atoms with Crippen molar-refractivity contribution in [3.05, 3.63) is 59.2 Å². The topological polar surface area (TPSA) is 64.6 Å². The van der Waals surface area contributed by atoms with E-state index in [1.807, 2.05) is 39.0 Å². The van der Waals surface area contributed by atoms with E-state index in [0.29, 0.717) is 23.6 Å². The number of hydrogen-bond donors (Lipinski definition) is 1. The Bertz CT molecular complexity index is 783. The van der Waals surface area contributed by atoms with Crippen LogP contribution in [0.3, 0.4) is 0 Å². The number of benzene rings is 2. The molecule has 0 saturated carbocycles. The summed E-state index contributed by atoms with van der Waals surface area (Å²) in [6, 6.07) is 12.5. The summed E-state index contributed by atoms with van der Waals surface area (Å²) in [4.78, 5) is 24.3. The third-order valence-corrected chi connectivity index (χ3v) is 4.14. The van der Waals surface area contributed by atoms with Crippen LogP contribution in [0, 0.1) is 13.8 Å². The molecule has 1 N–H and O–H groups in total. The molecule has 0 radical (unpaired) electrons. The molecule has 2 rings (SSSR count). The van der Waals surface area contributed by atoms with Crippen LogP contribution in [0.25, 0.3) is 0 Å². The first-order valence-electron chi connectivity index (χ1n) is 9.22. The first kappa shape index (κ1) is 20.5. The van der Waals surface area contributed by atoms with E-state index in [9.17, 15) is 9.59 Å². The van der Waals surface area contributed by atoms with E-state index < -0.39 is 6.10 Å². The van der Waals surface area contributed by atoms with Crippen molar-refractivity contribution >= 4 is 17.6 Å². The highest BCUT2D eigenvalue weighted by molar-refractivity contribution is 5.95.